The highest BCUT2D eigenvalue weighted by Gasteiger charge is 2.50. The van der Waals surface area contributed by atoms with Gasteiger partial charge in [-0.25, -0.2) is 8.78 Å². The van der Waals surface area contributed by atoms with Gasteiger partial charge in [-0.15, -0.1) is 6.42 Å². The zero-order chi connectivity index (χ0) is 33.5. The molecule has 0 spiro atoms. The van der Waals surface area contributed by atoms with Crippen LogP contribution in [0.3, 0.4) is 0 Å². The van der Waals surface area contributed by atoms with E-state index in [4.69, 9.17) is 30.6 Å². The number of aromatic hydroxyl groups is 1. The van der Waals surface area contributed by atoms with Crippen molar-refractivity contribution in [1.29, 1.82) is 0 Å². The lowest BCUT2D eigenvalue weighted by atomic mass is 9.74. The van der Waals surface area contributed by atoms with Crippen molar-refractivity contribution in [2.45, 2.75) is 63.5 Å². The van der Waals surface area contributed by atoms with Crippen LogP contribution in [0.4, 0.5) is 14.6 Å². The first kappa shape index (κ1) is 32.1. The van der Waals surface area contributed by atoms with Crippen LogP contribution in [-0.4, -0.2) is 89.7 Å². The largest absolute Gasteiger partial charge is 0.508 e. The monoisotopic (exact) mass is 669 g/mol. The van der Waals surface area contributed by atoms with Gasteiger partial charge < -0.3 is 24.2 Å². The van der Waals surface area contributed by atoms with Crippen LogP contribution in [0.15, 0.2) is 30.5 Å². The van der Waals surface area contributed by atoms with Crippen molar-refractivity contribution in [3.05, 3.63) is 47.7 Å². The van der Waals surface area contributed by atoms with Gasteiger partial charge in [0, 0.05) is 67.6 Å². The van der Waals surface area contributed by atoms with E-state index in [1.165, 1.54) is 24.3 Å². The second-order valence-electron chi connectivity index (χ2n) is 13.9. The van der Waals surface area contributed by atoms with Gasteiger partial charge in [0.2, 0.25) is 0 Å². The summed E-state index contributed by atoms with van der Waals surface area (Å²) in [6.07, 6.45) is 15.7. The zero-order valence-corrected chi connectivity index (χ0v) is 27.6. The first-order valence-electron chi connectivity index (χ1n) is 17.5. The number of phenolic OH excluding ortho intramolecular Hbond substituents is 1. The normalized spacial score (nSPS) is 23.8. The molecule has 11 heteroatoms. The average molecular weight is 670 g/mol. The molecule has 3 aliphatic heterocycles. The molecule has 1 aliphatic carbocycles. The quantitative estimate of drug-likeness (QED) is 0.240. The fourth-order valence-corrected chi connectivity index (χ4v) is 8.83. The molecule has 4 aromatic rings. The SMILES string of the molecule is C#Cc1c(F)ccc2cc(O)cc(-c3ncc4c(N5CCCOCC5)nc(OCC56CCCC5N(C5CCOCC5)CCC6)nc4c3F)c12. The maximum Gasteiger partial charge on any atom is 0.319 e. The molecule has 8 rings (SSSR count). The summed E-state index contributed by atoms with van der Waals surface area (Å²) < 4.78 is 49.8. The highest BCUT2D eigenvalue weighted by Crippen LogP contribution is 2.49. The van der Waals surface area contributed by atoms with Crippen molar-refractivity contribution in [3.63, 3.8) is 0 Å². The third-order valence-electron chi connectivity index (χ3n) is 11.1. The van der Waals surface area contributed by atoms with E-state index in [1.54, 1.807) is 6.20 Å². The number of piperidine rings is 1. The molecule has 2 atom stereocenters. The van der Waals surface area contributed by atoms with Crippen LogP contribution >= 0.6 is 0 Å². The Morgan fingerprint density at radius 2 is 1.82 bits per heavy atom. The van der Waals surface area contributed by atoms with Gasteiger partial charge >= 0.3 is 6.01 Å². The van der Waals surface area contributed by atoms with Crippen LogP contribution < -0.4 is 9.64 Å². The van der Waals surface area contributed by atoms with E-state index >= 15 is 4.39 Å². The highest BCUT2D eigenvalue weighted by atomic mass is 19.1. The molecular formula is C38H41F2N5O4. The summed E-state index contributed by atoms with van der Waals surface area (Å²) in [5.74, 6) is 1.47. The molecule has 256 valence electrons. The Morgan fingerprint density at radius 3 is 2.67 bits per heavy atom. The second-order valence-corrected chi connectivity index (χ2v) is 13.9. The molecular weight excluding hydrogens is 628 g/mol. The van der Waals surface area contributed by atoms with E-state index in [9.17, 15) is 9.50 Å². The van der Waals surface area contributed by atoms with Crippen molar-refractivity contribution in [2.24, 2.45) is 5.41 Å². The molecule has 2 aromatic carbocycles. The molecule has 0 amide bonds. The minimum Gasteiger partial charge on any atom is -0.508 e. The molecule has 1 saturated carbocycles. The maximum absolute atomic E-state index is 16.9. The molecule has 5 heterocycles. The molecule has 3 saturated heterocycles. The van der Waals surface area contributed by atoms with Crippen molar-refractivity contribution in [1.82, 2.24) is 19.9 Å². The molecule has 4 fully saturated rings. The van der Waals surface area contributed by atoms with Crippen molar-refractivity contribution in [2.75, 3.05) is 57.6 Å². The van der Waals surface area contributed by atoms with Crippen molar-refractivity contribution in [3.8, 4) is 35.4 Å². The number of nitrogens with zero attached hydrogens (tertiary/aromatic N) is 5. The lowest BCUT2D eigenvalue weighted by Crippen LogP contribution is -2.56. The van der Waals surface area contributed by atoms with Crippen molar-refractivity contribution < 1.29 is 28.1 Å². The number of rotatable bonds is 6. The fraction of sp³-hybridized carbons (Fsp3) is 0.500. The minimum atomic E-state index is -0.725. The second kappa shape index (κ2) is 13.3. The number of hydrogen-bond acceptors (Lipinski definition) is 9. The Bertz CT molecular complexity index is 1920. The predicted molar refractivity (Wildman–Crippen MR) is 183 cm³/mol. The van der Waals surface area contributed by atoms with Gasteiger partial charge in [0.05, 0.1) is 24.2 Å². The van der Waals surface area contributed by atoms with Crippen LogP contribution in [0.25, 0.3) is 32.9 Å². The first-order valence-corrected chi connectivity index (χ1v) is 17.5. The van der Waals surface area contributed by atoms with E-state index in [-0.39, 0.29) is 39.5 Å². The number of terminal acetylenes is 1. The third-order valence-corrected chi connectivity index (χ3v) is 11.1. The van der Waals surface area contributed by atoms with E-state index < -0.39 is 11.6 Å². The number of hydrogen-bond donors (Lipinski definition) is 1. The Morgan fingerprint density at radius 1 is 0.980 bits per heavy atom. The molecule has 49 heavy (non-hydrogen) atoms. The summed E-state index contributed by atoms with van der Waals surface area (Å²) in [6, 6.07) is 6.64. The van der Waals surface area contributed by atoms with Gasteiger partial charge in [-0.2, -0.15) is 9.97 Å². The highest BCUT2D eigenvalue weighted by molar-refractivity contribution is 6.03. The summed E-state index contributed by atoms with van der Waals surface area (Å²) >= 11 is 0. The molecule has 1 N–H and O–H groups in total. The number of anilines is 1. The number of fused-ring (bicyclic) bond motifs is 3. The number of pyridine rings is 1. The summed E-state index contributed by atoms with van der Waals surface area (Å²) in [5, 5.41) is 11.8. The standard InChI is InChI=1S/C38H41F2N5O4/c1-2-27-30(39)8-7-24-20-26(46)21-28(32(24)27)34-33(40)35-29(22-41-34)36(44-13-5-16-47-19-15-44)43-37(42-35)49-23-38-11-3-6-31(38)45(14-4-12-38)25-9-17-48-18-10-25/h1,7-8,20-22,25,31,46H,3-6,9-19,23H2. The third kappa shape index (κ3) is 5.83. The number of ether oxygens (including phenoxy) is 3. The Labute approximate surface area is 284 Å². The molecule has 4 aliphatic rings. The number of halogens is 2. The lowest BCUT2D eigenvalue weighted by molar-refractivity contribution is -0.0511. The van der Waals surface area contributed by atoms with Crippen LogP contribution in [-0.2, 0) is 9.47 Å². The van der Waals surface area contributed by atoms with E-state index in [0.717, 1.165) is 71.1 Å². The summed E-state index contributed by atoms with van der Waals surface area (Å²) in [5.41, 5.74) is 0.0652. The Balaban J connectivity index is 1.21. The van der Waals surface area contributed by atoms with Gasteiger partial charge in [-0.1, -0.05) is 18.4 Å². The zero-order valence-electron chi connectivity index (χ0n) is 27.6. The Hall–Kier alpha value is -4.11. The van der Waals surface area contributed by atoms with Crippen LogP contribution in [0, 0.1) is 29.4 Å². The van der Waals surface area contributed by atoms with Crippen LogP contribution in [0.2, 0.25) is 0 Å². The number of phenols is 1. The number of benzene rings is 2. The first-order chi connectivity index (χ1) is 24.0. The van der Waals surface area contributed by atoms with E-state index in [0.29, 0.717) is 67.0 Å². The smallest absolute Gasteiger partial charge is 0.319 e. The molecule has 2 unspecified atom stereocenters. The van der Waals surface area contributed by atoms with Crippen LogP contribution in [0.5, 0.6) is 11.8 Å². The van der Waals surface area contributed by atoms with Gasteiger partial charge in [-0.3, -0.25) is 9.88 Å². The average Bonchev–Trinajstić information content (AvgIpc) is 3.37. The van der Waals surface area contributed by atoms with Gasteiger partial charge in [0.25, 0.3) is 0 Å². The topological polar surface area (TPSA) is 93.1 Å². The van der Waals surface area contributed by atoms with Gasteiger partial charge in [0.1, 0.15) is 28.6 Å². The number of aromatic nitrogens is 3. The van der Waals surface area contributed by atoms with Gasteiger partial charge in [0.15, 0.2) is 5.82 Å². The molecule has 9 nitrogen and oxygen atoms in total. The van der Waals surface area contributed by atoms with E-state index in [1.807, 2.05) is 0 Å². The number of likely N-dealkylation sites (tertiary alicyclic amines) is 1. The van der Waals surface area contributed by atoms with Gasteiger partial charge in [-0.05, 0) is 75.1 Å². The minimum absolute atomic E-state index is 0.0242. The van der Waals surface area contributed by atoms with E-state index in [2.05, 4.69) is 20.7 Å². The maximum atomic E-state index is 16.9. The van der Waals surface area contributed by atoms with Crippen molar-refractivity contribution >= 4 is 27.5 Å². The lowest BCUT2D eigenvalue weighted by Gasteiger charge is -2.50. The summed E-state index contributed by atoms with van der Waals surface area (Å²) in [6.45, 7) is 5.56. The molecule has 0 bridgehead atoms. The van der Waals surface area contributed by atoms with Crippen LogP contribution in [0.1, 0.15) is 56.9 Å². The molecule has 2 aromatic heterocycles. The summed E-state index contributed by atoms with van der Waals surface area (Å²) in [4.78, 5) is 18.9. The Kier molecular flexibility index (Phi) is 8.72. The molecule has 0 radical (unpaired) electrons. The summed E-state index contributed by atoms with van der Waals surface area (Å²) in [7, 11) is 0. The fourth-order valence-electron chi connectivity index (χ4n) is 8.83. The predicted octanol–water partition coefficient (Wildman–Crippen LogP) is 6.23.